The van der Waals surface area contributed by atoms with Crippen LogP contribution < -0.4 is 5.73 Å². The van der Waals surface area contributed by atoms with Crippen molar-refractivity contribution in [3.63, 3.8) is 0 Å². The summed E-state index contributed by atoms with van der Waals surface area (Å²) in [4.78, 5) is 23.0. The molecule has 2 aromatic carbocycles. The fraction of sp³-hybridized carbons (Fsp3) is 0.0588. The number of halogens is 1. The maximum absolute atomic E-state index is 12.0. The maximum Gasteiger partial charge on any atom is 0.374 e. The van der Waals surface area contributed by atoms with E-state index in [2.05, 4.69) is 0 Å². The number of furan rings is 1. The topological polar surface area (TPSA) is 82.5 Å². The molecule has 5 nitrogen and oxygen atoms in total. The molecule has 0 atom stereocenters. The zero-order valence-corrected chi connectivity index (χ0v) is 12.7. The van der Waals surface area contributed by atoms with Gasteiger partial charge in [0.2, 0.25) is 11.7 Å². The van der Waals surface area contributed by atoms with Crippen LogP contribution in [0.15, 0.2) is 52.9 Å². The normalized spacial score (nSPS) is 10.7. The van der Waals surface area contributed by atoms with E-state index in [1.807, 2.05) is 0 Å². The highest BCUT2D eigenvalue weighted by Crippen LogP contribution is 2.23. The first kappa shape index (κ1) is 15.1. The molecule has 3 aromatic rings. The number of benzene rings is 2. The molecule has 1 amide bonds. The van der Waals surface area contributed by atoms with Crippen molar-refractivity contribution in [2.24, 2.45) is 5.73 Å². The molecule has 0 aliphatic carbocycles. The van der Waals surface area contributed by atoms with Crippen LogP contribution >= 0.6 is 11.6 Å². The molecular weight excluding hydrogens is 318 g/mol. The average molecular weight is 330 g/mol. The third kappa shape index (κ3) is 3.35. The lowest BCUT2D eigenvalue weighted by Gasteiger charge is -2.03. The second-order valence-electron chi connectivity index (χ2n) is 4.93. The first-order chi connectivity index (χ1) is 11.0. The van der Waals surface area contributed by atoms with Crippen molar-refractivity contribution < 1.29 is 18.7 Å². The zero-order chi connectivity index (χ0) is 16.4. The van der Waals surface area contributed by atoms with Crippen molar-refractivity contribution in [2.75, 3.05) is 0 Å². The van der Waals surface area contributed by atoms with E-state index < -0.39 is 11.9 Å². The lowest BCUT2D eigenvalue weighted by molar-refractivity contribution is 0.0438. The first-order valence-electron chi connectivity index (χ1n) is 6.78. The number of ether oxygens (including phenoxy) is 1. The molecule has 0 aliphatic heterocycles. The van der Waals surface area contributed by atoms with Crippen LogP contribution in [0.4, 0.5) is 0 Å². The molecule has 0 spiro atoms. The summed E-state index contributed by atoms with van der Waals surface area (Å²) in [6.07, 6.45) is 0. The van der Waals surface area contributed by atoms with Crippen LogP contribution in [0, 0.1) is 0 Å². The number of esters is 1. The number of fused-ring (bicyclic) bond motifs is 1. The van der Waals surface area contributed by atoms with Gasteiger partial charge in [0.25, 0.3) is 0 Å². The van der Waals surface area contributed by atoms with Gasteiger partial charge in [-0.2, -0.15) is 0 Å². The van der Waals surface area contributed by atoms with E-state index in [-0.39, 0.29) is 12.4 Å². The first-order valence-corrected chi connectivity index (χ1v) is 7.16. The van der Waals surface area contributed by atoms with Crippen LogP contribution in [-0.4, -0.2) is 11.9 Å². The van der Waals surface area contributed by atoms with Crippen molar-refractivity contribution >= 4 is 34.4 Å². The minimum absolute atomic E-state index is 0.0652. The van der Waals surface area contributed by atoms with Gasteiger partial charge in [0, 0.05) is 16.0 Å². The van der Waals surface area contributed by atoms with Crippen LogP contribution in [-0.2, 0) is 11.3 Å². The molecule has 2 N–H and O–H groups in total. The van der Waals surface area contributed by atoms with Crippen LogP contribution in [0.1, 0.15) is 26.5 Å². The number of hydrogen-bond acceptors (Lipinski definition) is 4. The SMILES string of the molecule is NC(=O)c1ccc(COC(=O)c2cc3cc(Cl)ccc3o2)cc1. The number of primary amides is 1. The standard InChI is InChI=1S/C17H12ClNO4/c18-13-5-6-14-12(7-13)8-15(23-14)17(21)22-9-10-1-3-11(4-2-10)16(19)20/h1-8H,9H2,(H2,19,20). The summed E-state index contributed by atoms with van der Waals surface area (Å²) in [6.45, 7) is 0.0652. The lowest BCUT2D eigenvalue weighted by atomic mass is 10.1. The number of amides is 1. The van der Waals surface area contributed by atoms with Crippen molar-refractivity contribution in [1.82, 2.24) is 0 Å². The van der Waals surface area contributed by atoms with Crippen LogP contribution in [0.2, 0.25) is 5.02 Å². The molecule has 0 bridgehead atoms. The third-order valence-corrected chi connectivity index (χ3v) is 3.52. The maximum atomic E-state index is 12.0. The molecule has 0 saturated carbocycles. The molecule has 1 aromatic heterocycles. The summed E-state index contributed by atoms with van der Waals surface area (Å²) in [5.74, 6) is -0.971. The van der Waals surface area contributed by atoms with Crippen molar-refractivity contribution in [3.05, 3.63) is 70.4 Å². The quantitative estimate of drug-likeness (QED) is 0.742. The lowest BCUT2D eigenvalue weighted by Crippen LogP contribution is -2.10. The second-order valence-corrected chi connectivity index (χ2v) is 5.37. The highest BCUT2D eigenvalue weighted by atomic mass is 35.5. The van der Waals surface area contributed by atoms with E-state index in [1.165, 1.54) is 0 Å². The second kappa shape index (κ2) is 6.14. The molecule has 0 aliphatic rings. The van der Waals surface area contributed by atoms with Gasteiger partial charge in [0.1, 0.15) is 12.2 Å². The van der Waals surface area contributed by atoms with Crippen LogP contribution in [0.3, 0.4) is 0 Å². The van der Waals surface area contributed by atoms with Gasteiger partial charge in [-0.3, -0.25) is 4.79 Å². The highest BCUT2D eigenvalue weighted by molar-refractivity contribution is 6.31. The number of carbonyl (C=O) groups is 2. The molecular formula is C17H12ClNO4. The molecule has 23 heavy (non-hydrogen) atoms. The predicted molar refractivity (Wildman–Crippen MR) is 85.3 cm³/mol. The van der Waals surface area contributed by atoms with Crippen LogP contribution in [0.25, 0.3) is 11.0 Å². The van der Waals surface area contributed by atoms with Crippen molar-refractivity contribution in [3.8, 4) is 0 Å². The summed E-state index contributed by atoms with van der Waals surface area (Å²) in [5, 5.41) is 1.29. The Kier molecular flexibility index (Phi) is 4.04. The van der Waals surface area contributed by atoms with E-state index >= 15 is 0 Å². The Bertz CT molecular complexity index is 883. The molecule has 0 fully saturated rings. The Hall–Kier alpha value is -2.79. The van der Waals surface area contributed by atoms with Gasteiger partial charge in [-0.15, -0.1) is 0 Å². The Balaban J connectivity index is 1.69. The van der Waals surface area contributed by atoms with Gasteiger partial charge >= 0.3 is 5.97 Å². The smallest absolute Gasteiger partial charge is 0.374 e. The minimum atomic E-state index is -0.573. The number of hydrogen-bond donors (Lipinski definition) is 1. The average Bonchev–Trinajstić information content (AvgIpc) is 2.96. The molecule has 3 rings (SSSR count). The largest absolute Gasteiger partial charge is 0.455 e. The summed E-state index contributed by atoms with van der Waals surface area (Å²) in [6, 6.07) is 13.2. The Morgan fingerprint density at radius 1 is 1.09 bits per heavy atom. The Labute approximate surface area is 136 Å². The summed E-state index contributed by atoms with van der Waals surface area (Å²) < 4.78 is 10.6. The molecule has 0 saturated heterocycles. The van der Waals surface area contributed by atoms with Gasteiger partial charge in [-0.05, 0) is 42.0 Å². The molecule has 0 radical (unpaired) electrons. The number of nitrogens with two attached hydrogens (primary N) is 1. The predicted octanol–water partition coefficient (Wildman–Crippen LogP) is 3.54. The van der Waals surface area contributed by atoms with Gasteiger partial charge in [-0.25, -0.2) is 4.79 Å². The Morgan fingerprint density at radius 2 is 1.83 bits per heavy atom. The summed E-state index contributed by atoms with van der Waals surface area (Å²) in [5.41, 5.74) is 6.86. The third-order valence-electron chi connectivity index (χ3n) is 3.29. The molecule has 0 unspecified atom stereocenters. The molecule has 116 valence electrons. The number of rotatable bonds is 4. The van der Waals surface area contributed by atoms with Gasteiger partial charge in [-0.1, -0.05) is 23.7 Å². The Morgan fingerprint density at radius 3 is 2.52 bits per heavy atom. The molecule has 1 heterocycles. The monoisotopic (exact) mass is 329 g/mol. The van der Waals surface area contributed by atoms with E-state index in [0.29, 0.717) is 16.2 Å². The van der Waals surface area contributed by atoms with Crippen molar-refractivity contribution in [2.45, 2.75) is 6.61 Å². The molecule has 6 heteroatoms. The number of carbonyl (C=O) groups excluding carboxylic acids is 2. The zero-order valence-electron chi connectivity index (χ0n) is 11.9. The van der Waals surface area contributed by atoms with Gasteiger partial charge in [0.15, 0.2) is 0 Å². The van der Waals surface area contributed by atoms with E-state index in [9.17, 15) is 9.59 Å². The summed E-state index contributed by atoms with van der Waals surface area (Å²) >= 11 is 5.89. The van der Waals surface area contributed by atoms with Gasteiger partial charge in [0.05, 0.1) is 0 Å². The fourth-order valence-corrected chi connectivity index (χ4v) is 2.28. The summed E-state index contributed by atoms with van der Waals surface area (Å²) in [7, 11) is 0. The minimum Gasteiger partial charge on any atom is -0.455 e. The van der Waals surface area contributed by atoms with Crippen molar-refractivity contribution in [1.29, 1.82) is 0 Å². The fourth-order valence-electron chi connectivity index (χ4n) is 2.10. The van der Waals surface area contributed by atoms with E-state index in [4.69, 9.17) is 26.5 Å². The highest BCUT2D eigenvalue weighted by Gasteiger charge is 2.14. The van der Waals surface area contributed by atoms with E-state index in [0.717, 1.165) is 10.9 Å². The van der Waals surface area contributed by atoms with Gasteiger partial charge < -0.3 is 14.9 Å². The van der Waals surface area contributed by atoms with E-state index in [1.54, 1.807) is 48.5 Å². The van der Waals surface area contributed by atoms with Crippen LogP contribution in [0.5, 0.6) is 0 Å².